The Hall–Kier alpha value is -1.85. The van der Waals surface area contributed by atoms with E-state index in [0.29, 0.717) is 29.4 Å². The third-order valence-corrected chi connectivity index (χ3v) is 3.94. The first kappa shape index (κ1) is 17.5. The molecule has 4 nitrogen and oxygen atoms in total. The highest BCUT2D eigenvalue weighted by atomic mass is 79.9. The average molecular weight is 396 g/mol. The van der Waals surface area contributed by atoms with E-state index in [1.165, 1.54) is 6.92 Å². The Morgan fingerprint density at radius 2 is 1.91 bits per heavy atom. The lowest BCUT2D eigenvalue weighted by Gasteiger charge is -2.21. The van der Waals surface area contributed by atoms with Crippen molar-refractivity contribution in [3.63, 3.8) is 0 Å². The van der Waals surface area contributed by atoms with Gasteiger partial charge in [-0.25, -0.2) is 0 Å². The van der Waals surface area contributed by atoms with E-state index < -0.39 is 0 Å². The lowest BCUT2D eigenvalue weighted by molar-refractivity contribution is -0.116. The highest BCUT2D eigenvalue weighted by molar-refractivity contribution is 9.10. The van der Waals surface area contributed by atoms with Crippen LogP contribution in [0, 0.1) is 0 Å². The van der Waals surface area contributed by atoms with Gasteiger partial charge in [0.2, 0.25) is 5.91 Å². The number of anilines is 1. The molecule has 23 heavy (non-hydrogen) atoms. The Kier molecular flexibility index (Phi) is 6.19. The maximum Gasteiger partial charge on any atom is 0.251 e. The largest absolute Gasteiger partial charge is 0.350 e. The number of rotatable bonds is 5. The van der Waals surface area contributed by atoms with Crippen LogP contribution in [0.25, 0.3) is 0 Å². The Balaban J connectivity index is 1.97. The first-order valence-electron chi connectivity index (χ1n) is 7.05. The van der Waals surface area contributed by atoms with Crippen molar-refractivity contribution in [2.45, 2.75) is 6.92 Å². The van der Waals surface area contributed by atoms with Crippen LogP contribution in [0.3, 0.4) is 0 Å². The summed E-state index contributed by atoms with van der Waals surface area (Å²) in [6.45, 7) is 2.20. The summed E-state index contributed by atoms with van der Waals surface area (Å²) in [7, 11) is 0. The molecule has 0 unspecified atom stereocenters. The van der Waals surface area contributed by atoms with Crippen LogP contribution in [0.4, 0.5) is 5.69 Å². The van der Waals surface area contributed by atoms with E-state index >= 15 is 0 Å². The summed E-state index contributed by atoms with van der Waals surface area (Å²) in [5.41, 5.74) is 1.28. The van der Waals surface area contributed by atoms with Crippen LogP contribution in [0.15, 0.2) is 53.0 Å². The fourth-order valence-electron chi connectivity index (χ4n) is 2.13. The zero-order valence-electron chi connectivity index (χ0n) is 12.6. The number of carbonyl (C=O) groups excluding carboxylic acids is 2. The van der Waals surface area contributed by atoms with Gasteiger partial charge in [-0.1, -0.05) is 39.7 Å². The number of hydrogen-bond acceptors (Lipinski definition) is 2. The molecule has 0 spiro atoms. The molecule has 2 aromatic carbocycles. The van der Waals surface area contributed by atoms with Gasteiger partial charge >= 0.3 is 0 Å². The van der Waals surface area contributed by atoms with Gasteiger partial charge in [0.05, 0.1) is 0 Å². The van der Waals surface area contributed by atoms with Gasteiger partial charge in [-0.05, 0) is 36.4 Å². The van der Waals surface area contributed by atoms with Crippen molar-refractivity contribution in [3.05, 3.63) is 63.6 Å². The molecule has 0 saturated carbocycles. The summed E-state index contributed by atoms with van der Waals surface area (Å²) < 4.78 is 0.842. The van der Waals surface area contributed by atoms with Crippen molar-refractivity contribution in [1.82, 2.24) is 5.32 Å². The summed E-state index contributed by atoms with van der Waals surface area (Å²) in [5, 5.41) is 3.37. The van der Waals surface area contributed by atoms with Gasteiger partial charge in [0.15, 0.2) is 0 Å². The van der Waals surface area contributed by atoms with Gasteiger partial charge in [-0.3, -0.25) is 9.59 Å². The molecule has 2 rings (SSSR count). The number of amides is 2. The van der Waals surface area contributed by atoms with Crippen LogP contribution in [0.1, 0.15) is 17.3 Å². The second kappa shape index (κ2) is 8.13. The molecule has 120 valence electrons. The van der Waals surface area contributed by atoms with E-state index in [4.69, 9.17) is 11.6 Å². The van der Waals surface area contributed by atoms with Crippen LogP contribution in [0.2, 0.25) is 5.02 Å². The zero-order valence-corrected chi connectivity index (χ0v) is 14.9. The lowest BCUT2D eigenvalue weighted by atomic mass is 10.2. The molecule has 0 aliphatic rings. The quantitative estimate of drug-likeness (QED) is 0.835. The number of carbonyl (C=O) groups is 2. The maximum absolute atomic E-state index is 12.1. The van der Waals surface area contributed by atoms with E-state index in [1.54, 1.807) is 41.3 Å². The fourth-order valence-corrected chi connectivity index (χ4v) is 2.71. The first-order valence-corrected chi connectivity index (χ1v) is 8.22. The molecule has 0 aromatic heterocycles. The van der Waals surface area contributed by atoms with Crippen LogP contribution in [0.5, 0.6) is 0 Å². The summed E-state index contributed by atoms with van der Waals surface area (Å²) >= 11 is 9.29. The molecule has 0 fully saturated rings. The van der Waals surface area contributed by atoms with Crippen LogP contribution < -0.4 is 10.2 Å². The minimum Gasteiger partial charge on any atom is -0.350 e. The molecule has 2 amide bonds. The van der Waals surface area contributed by atoms with E-state index in [9.17, 15) is 9.59 Å². The van der Waals surface area contributed by atoms with Crippen molar-refractivity contribution < 1.29 is 9.59 Å². The second-order valence-corrected chi connectivity index (χ2v) is 6.27. The SMILES string of the molecule is CC(=O)N(CCNC(=O)c1cccc(Br)c1)c1cccc(Cl)c1. The molecule has 0 bridgehead atoms. The first-order chi connectivity index (χ1) is 11.0. The van der Waals surface area contributed by atoms with E-state index in [-0.39, 0.29) is 11.8 Å². The van der Waals surface area contributed by atoms with Crippen LogP contribution >= 0.6 is 27.5 Å². The molecule has 0 radical (unpaired) electrons. The lowest BCUT2D eigenvalue weighted by Crippen LogP contribution is -2.37. The number of benzene rings is 2. The van der Waals surface area contributed by atoms with E-state index in [2.05, 4.69) is 21.2 Å². The van der Waals surface area contributed by atoms with Crippen LogP contribution in [-0.4, -0.2) is 24.9 Å². The van der Waals surface area contributed by atoms with Gasteiger partial charge in [-0.15, -0.1) is 0 Å². The van der Waals surface area contributed by atoms with Gasteiger partial charge in [-0.2, -0.15) is 0 Å². The number of hydrogen-bond donors (Lipinski definition) is 1. The monoisotopic (exact) mass is 394 g/mol. The molecule has 2 aromatic rings. The minimum absolute atomic E-state index is 0.107. The Morgan fingerprint density at radius 3 is 2.57 bits per heavy atom. The predicted molar refractivity (Wildman–Crippen MR) is 96.0 cm³/mol. The van der Waals surface area contributed by atoms with Gasteiger partial charge in [0.1, 0.15) is 0 Å². The van der Waals surface area contributed by atoms with E-state index in [0.717, 1.165) is 4.47 Å². The number of nitrogens with zero attached hydrogens (tertiary/aromatic N) is 1. The van der Waals surface area contributed by atoms with Crippen LogP contribution in [-0.2, 0) is 4.79 Å². The molecular weight excluding hydrogens is 380 g/mol. The molecule has 0 aliphatic heterocycles. The Bertz CT molecular complexity index is 721. The highest BCUT2D eigenvalue weighted by Gasteiger charge is 2.12. The van der Waals surface area contributed by atoms with Gasteiger partial charge in [0.25, 0.3) is 5.91 Å². The zero-order chi connectivity index (χ0) is 16.8. The predicted octanol–water partition coefficient (Wildman–Crippen LogP) is 3.89. The van der Waals surface area contributed by atoms with Crippen molar-refractivity contribution >= 4 is 45.0 Å². The normalized spacial score (nSPS) is 10.2. The summed E-state index contributed by atoms with van der Waals surface area (Å²) in [6, 6.07) is 14.2. The molecule has 0 saturated heterocycles. The van der Waals surface area contributed by atoms with Crippen molar-refractivity contribution in [1.29, 1.82) is 0 Å². The molecule has 1 N–H and O–H groups in total. The second-order valence-electron chi connectivity index (χ2n) is 4.92. The maximum atomic E-state index is 12.1. The molecule has 0 aliphatic carbocycles. The standard InChI is InChI=1S/C17H16BrClN2O2/c1-12(22)21(16-7-3-6-15(19)11-16)9-8-20-17(23)13-4-2-5-14(18)10-13/h2-7,10-11H,8-9H2,1H3,(H,20,23). The number of nitrogens with one attached hydrogen (secondary N) is 1. The third kappa shape index (κ3) is 5.08. The smallest absolute Gasteiger partial charge is 0.251 e. The minimum atomic E-state index is -0.180. The summed E-state index contributed by atoms with van der Waals surface area (Å²) in [4.78, 5) is 25.5. The van der Waals surface area contributed by atoms with Gasteiger partial charge in [0, 0.05) is 40.8 Å². The molecule has 0 heterocycles. The Morgan fingerprint density at radius 1 is 1.17 bits per heavy atom. The topological polar surface area (TPSA) is 49.4 Å². The molecule has 6 heteroatoms. The van der Waals surface area contributed by atoms with Gasteiger partial charge < -0.3 is 10.2 Å². The average Bonchev–Trinajstić information content (AvgIpc) is 2.51. The summed E-state index contributed by atoms with van der Waals surface area (Å²) in [6.07, 6.45) is 0. The third-order valence-electron chi connectivity index (χ3n) is 3.21. The highest BCUT2D eigenvalue weighted by Crippen LogP contribution is 2.19. The number of halogens is 2. The van der Waals surface area contributed by atoms with Crippen molar-refractivity contribution in [2.24, 2.45) is 0 Å². The fraction of sp³-hybridized carbons (Fsp3) is 0.176. The van der Waals surface area contributed by atoms with Crippen molar-refractivity contribution in [2.75, 3.05) is 18.0 Å². The van der Waals surface area contributed by atoms with Crippen molar-refractivity contribution in [3.8, 4) is 0 Å². The Labute approximate surface area is 148 Å². The van der Waals surface area contributed by atoms with E-state index in [1.807, 2.05) is 12.1 Å². The summed E-state index contributed by atoms with van der Waals surface area (Å²) in [5.74, 6) is -0.287. The molecule has 0 atom stereocenters. The molecular formula is C17H16BrClN2O2.